The van der Waals surface area contributed by atoms with Crippen molar-refractivity contribution in [2.45, 2.75) is 71.4 Å². The molecule has 1 amide bonds. The van der Waals surface area contributed by atoms with Gasteiger partial charge < -0.3 is 15.3 Å². The highest BCUT2D eigenvalue weighted by Crippen LogP contribution is 2.28. The van der Waals surface area contributed by atoms with Gasteiger partial charge in [-0.1, -0.05) is 41.5 Å². The monoisotopic (exact) mass is 372 g/mol. The Kier molecular flexibility index (Phi) is 6.93. The zero-order chi connectivity index (χ0) is 18.1. The Hall–Kier alpha value is -1.27. The molecule has 0 aliphatic carbocycles. The molecule has 1 fully saturated rings. The number of aromatic nitrogens is 2. The molecule has 6 nitrogen and oxygen atoms in total. The predicted octanol–water partition coefficient (Wildman–Crippen LogP) is 3.24. The van der Waals surface area contributed by atoms with Crippen LogP contribution in [0.15, 0.2) is 6.07 Å². The van der Waals surface area contributed by atoms with E-state index >= 15 is 0 Å². The SMILES string of the molecule is CC(C)(C)c1cc(C(C)(C)C)n(CC[C@@H]2CN(C(=O)O)CCN2)n1.Cl. The summed E-state index contributed by atoms with van der Waals surface area (Å²) in [5.74, 6) is 0. The molecule has 25 heavy (non-hydrogen) atoms. The topological polar surface area (TPSA) is 70.4 Å². The molecule has 0 bridgehead atoms. The van der Waals surface area contributed by atoms with Gasteiger partial charge >= 0.3 is 6.09 Å². The molecule has 7 heteroatoms. The molecule has 1 saturated heterocycles. The van der Waals surface area contributed by atoms with Crippen molar-refractivity contribution in [3.05, 3.63) is 17.5 Å². The molecule has 0 unspecified atom stereocenters. The molecule has 0 radical (unpaired) electrons. The molecule has 0 spiro atoms. The van der Waals surface area contributed by atoms with Crippen LogP contribution in [0.5, 0.6) is 0 Å². The van der Waals surface area contributed by atoms with Gasteiger partial charge in [0, 0.05) is 48.7 Å². The van der Waals surface area contributed by atoms with E-state index in [-0.39, 0.29) is 29.3 Å². The van der Waals surface area contributed by atoms with Crippen LogP contribution >= 0.6 is 12.4 Å². The Labute approximate surface area is 157 Å². The van der Waals surface area contributed by atoms with E-state index in [0.29, 0.717) is 13.1 Å². The number of hydrogen-bond donors (Lipinski definition) is 2. The number of nitrogens with one attached hydrogen (secondary N) is 1. The maximum atomic E-state index is 11.2. The summed E-state index contributed by atoms with van der Waals surface area (Å²) >= 11 is 0. The fourth-order valence-corrected chi connectivity index (χ4v) is 3.03. The molecule has 1 aromatic heterocycles. The molecule has 2 heterocycles. The molecule has 2 N–H and O–H groups in total. The van der Waals surface area contributed by atoms with Gasteiger partial charge in [0.1, 0.15) is 0 Å². The molecule has 1 aliphatic rings. The average molecular weight is 373 g/mol. The van der Waals surface area contributed by atoms with Gasteiger partial charge in [-0.3, -0.25) is 4.68 Å². The lowest BCUT2D eigenvalue weighted by molar-refractivity contribution is 0.126. The summed E-state index contributed by atoms with van der Waals surface area (Å²) in [5, 5.41) is 17.4. The number of nitrogens with zero attached hydrogens (tertiary/aromatic N) is 3. The Morgan fingerprint density at radius 1 is 1.28 bits per heavy atom. The summed E-state index contributed by atoms with van der Waals surface area (Å²) in [6, 6.07) is 2.41. The lowest BCUT2D eigenvalue weighted by atomic mass is 9.88. The second kappa shape index (κ2) is 7.96. The summed E-state index contributed by atoms with van der Waals surface area (Å²) in [4.78, 5) is 12.6. The standard InChI is InChI=1S/C18H32N4O2.ClH/c1-17(2,3)14-11-15(18(4,5)6)22(20-14)9-7-13-12-21(16(23)24)10-8-19-13;/h11,13,19H,7-10,12H2,1-6H3,(H,23,24);1H/t13-;/m1./s1. The molecule has 0 aromatic carbocycles. The molecular weight excluding hydrogens is 340 g/mol. The fraction of sp³-hybridized carbons (Fsp3) is 0.778. The van der Waals surface area contributed by atoms with Gasteiger partial charge in [-0.2, -0.15) is 5.10 Å². The quantitative estimate of drug-likeness (QED) is 0.854. The van der Waals surface area contributed by atoms with Crippen LogP contribution in [0, 0.1) is 0 Å². The van der Waals surface area contributed by atoms with Gasteiger partial charge in [0.2, 0.25) is 0 Å². The number of halogens is 1. The van der Waals surface area contributed by atoms with E-state index in [1.165, 1.54) is 10.6 Å². The zero-order valence-electron chi connectivity index (χ0n) is 16.3. The first-order valence-corrected chi connectivity index (χ1v) is 8.78. The van der Waals surface area contributed by atoms with Gasteiger partial charge in [-0.15, -0.1) is 12.4 Å². The zero-order valence-corrected chi connectivity index (χ0v) is 17.1. The van der Waals surface area contributed by atoms with Crippen LogP contribution in [0.25, 0.3) is 0 Å². The highest BCUT2D eigenvalue weighted by atomic mass is 35.5. The van der Waals surface area contributed by atoms with Gasteiger partial charge in [0.25, 0.3) is 0 Å². The predicted molar refractivity (Wildman–Crippen MR) is 103 cm³/mol. The Balaban J connectivity index is 0.00000312. The van der Waals surface area contributed by atoms with Gasteiger partial charge in [-0.25, -0.2) is 4.79 Å². The van der Waals surface area contributed by atoms with Crippen LogP contribution in [0.2, 0.25) is 0 Å². The number of amides is 1. The summed E-state index contributed by atoms with van der Waals surface area (Å²) in [5.41, 5.74) is 2.40. The Morgan fingerprint density at radius 2 is 1.92 bits per heavy atom. The number of carbonyl (C=O) groups is 1. The normalized spacial score (nSPS) is 18.8. The lowest BCUT2D eigenvalue weighted by Crippen LogP contribution is -2.52. The Bertz CT molecular complexity index is 587. The summed E-state index contributed by atoms with van der Waals surface area (Å²) in [6.07, 6.45) is 0.0453. The third-order valence-corrected chi connectivity index (χ3v) is 4.53. The second-order valence-electron chi connectivity index (χ2n) is 8.81. The fourth-order valence-electron chi connectivity index (χ4n) is 3.03. The maximum Gasteiger partial charge on any atom is 0.407 e. The van der Waals surface area contributed by atoms with E-state index in [9.17, 15) is 4.79 Å². The van der Waals surface area contributed by atoms with Crippen molar-refractivity contribution in [3.63, 3.8) is 0 Å². The van der Waals surface area contributed by atoms with Crippen LogP contribution in [-0.4, -0.2) is 51.6 Å². The first-order chi connectivity index (χ1) is 11.0. The Morgan fingerprint density at radius 3 is 2.44 bits per heavy atom. The highest BCUT2D eigenvalue weighted by molar-refractivity contribution is 5.85. The van der Waals surface area contributed by atoms with Gasteiger partial charge in [-0.05, 0) is 12.5 Å². The van der Waals surface area contributed by atoms with Crippen molar-refractivity contribution in [1.82, 2.24) is 20.0 Å². The van der Waals surface area contributed by atoms with Crippen molar-refractivity contribution in [1.29, 1.82) is 0 Å². The van der Waals surface area contributed by atoms with Crippen LogP contribution < -0.4 is 5.32 Å². The highest BCUT2D eigenvalue weighted by Gasteiger charge is 2.27. The third-order valence-electron chi connectivity index (χ3n) is 4.53. The summed E-state index contributed by atoms with van der Waals surface area (Å²) in [7, 11) is 0. The number of carboxylic acid groups (broad SMARTS) is 1. The number of rotatable bonds is 3. The molecule has 2 rings (SSSR count). The van der Waals surface area contributed by atoms with Crippen LogP contribution in [0.1, 0.15) is 59.4 Å². The first-order valence-electron chi connectivity index (χ1n) is 8.78. The van der Waals surface area contributed by atoms with E-state index in [2.05, 4.69) is 57.6 Å². The first kappa shape index (κ1) is 21.8. The lowest BCUT2D eigenvalue weighted by Gasteiger charge is -2.32. The minimum absolute atomic E-state index is 0. The minimum Gasteiger partial charge on any atom is -0.465 e. The number of hydrogen-bond acceptors (Lipinski definition) is 3. The second-order valence-corrected chi connectivity index (χ2v) is 8.81. The van der Waals surface area contributed by atoms with E-state index in [1.807, 2.05) is 0 Å². The average Bonchev–Trinajstić information content (AvgIpc) is 2.90. The van der Waals surface area contributed by atoms with Crippen molar-refractivity contribution in [3.8, 4) is 0 Å². The largest absolute Gasteiger partial charge is 0.465 e. The van der Waals surface area contributed by atoms with E-state index in [4.69, 9.17) is 10.2 Å². The van der Waals surface area contributed by atoms with Gasteiger partial charge in [0.15, 0.2) is 0 Å². The van der Waals surface area contributed by atoms with Crippen molar-refractivity contribution in [2.24, 2.45) is 0 Å². The number of piperazine rings is 1. The molecule has 1 aliphatic heterocycles. The van der Waals surface area contributed by atoms with E-state index in [1.54, 1.807) is 0 Å². The van der Waals surface area contributed by atoms with E-state index < -0.39 is 6.09 Å². The molecule has 0 saturated carbocycles. The number of aryl methyl sites for hydroxylation is 1. The summed E-state index contributed by atoms with van der Waals surface area (Å²) in [6.45, 7) is 15.8. The van der Waals surface area contributed by atoms with Crippen LogP contribution in [0.3, 0.4) is 0 Å². The van der Waals surface area contributed by atoms with Crippen molar-refractivity contribution < 1.29 is 9.90 Å². The van der Waals surface area contributed by atoms with Gasteiger partial charge in [0.05, 0.1) is 5.69 Å². The third kappa shape index (κ3) is 5.61. The van der Waals surface area contributed by atoms with Crippen LogP contribution in [-0.2, 0) is 17.4 Å². The molecule has 1 aromatic rings. The van der Waals surface area contributed by atoms with E-state index in [0.717, 1.165) is 25.2 Å². The summed E-state index contributed by atoms with van der Waals surface area (Å²) < 4.78 is 2.11. The van der Waals surface area contributed by atoms with Crippen molar-refractivity contribution in [2.75, 3.05) is 19.6 Å². The molecular formula is C18H33ClN4O2. The van der Waals surface area contributed by atoms with Crippen molar-refractivity contribution >= 4 is 18.5 Å². The molecule has 1 atom stereocenters. The maximum absolute atomic E-state index is 11.2. The van der Waals surface area contributed by atoms with Crippen LogP contribution in [0.4, 0.5) is 4.79 Å². The molecule has 144 valence electrons. The minimum atomic E-state index is -0.828. The smallest absolute Gasteiger partial charge is 0.407 e.